The van der Waals surface area contributed by atoms with Gasteiger partial charge in [0.05, 0.1) is 10.2 Å². The summed E-state index contributed by atoms with van der Waals surface area (Å²) in [7, 11) is 0. The highest BCUT2D eigenvalue weighted by atomic mass is 35.5. The van der Waals surface area contributed by atoms with Crippen LogP contribution in [0.5, 0.6) is 0 Å². The number of carbonyl (C=O) groups is 1. The molecule has 1 amide bonds. The zero-order valence-corrected chi connectivity index (χ0v) is 19.4. The first-order valence-electron chi connectivity index (χ1n) is 11.2. The second-order valence-corrected chi connectivity index (χ2v) is 9.76. The number of hydrogen-bond acceptors (Lipinski definition) is 5. The normalized spacial score (nSPS) is 15.4. The van der Waals surface area contributed by atoms with Gasteiger partial charge in [0.25, 0.3) is 0 Å². The summed E-state index contributed by atoms with van der Waals surface area (Å²) < 4.78 is 14.0. The maximum atomic E-state index is 13.1. The highest BCUT2D eigenvalue weighted by molar-refractivity contribution is 7.22. The lowest BCUT2D eigenvalue weighted by Gasteiger charge is -2.26. The van der Waals surface area contributed by atoms with E-state index in [-0.39, 0.29) is 17.8 Å². The predicted molar refractivity (Wildman–Crippen MR) is 131 cm³/mol. The van der Waals surface area contributed by atoms with Gasteiger partial charge >= 0.3 is 0 Å². The third-order valence-electron chi connectivity index (χ3n) is 5.86. The Balaban J connectivity index is 1.36. The average Bonchev–Trinajstić information content (AvgIpc) is 3.19. The van der Waals surface area contributed by atoms with Crippen LogP contribution in [0, 0.1) is 11.7 Å². The van der Waals surface area contributed by atoms with E-state index >= 15 is 0 Å². The number of hydrogen-bond donors (Lipinski definition) is 3. The van der Waals surface area contributed by atoms with Crippen LogP contribution < -0.4 is 16.0 Å². The number of rotatable bonds is 9. The first-order valence-corrected chi connectivity index (χ1v) is 12.4. The second kappa shape index (κ2) is 11.0. The van der Waals surface area contributed by atoms with Crippen LogP contribution in [0.15, 0.2) is 42.5 Å². The van der Waals surface area contributed by atoms with Crippen LogP contribution in [0.3, 0.4) is 0 Å². The molecule has 8 heteroatoms. The number of benzene rings is 2. The van der Waals surface area contributed by atoms with Gasteiger partial charge in [0, 0.05) is 23.8 Å². The second-order valence-electron chi connectivity index (χ2n) is 8.29. The Morgan fingerprint density at radius 1 is 1.12 bits per heavy atom. The monoisotopic (exact) mass is 474 g/mol. The molecule has 1 aliphatic carbocycles. The van der Waals surface area contributed by atoms with Crippen molar-refractivity contribution in [3.63, 3.8) is 0 Å². The maximum absolute atomic E-state index is 13.1. The minimum Gasteiger partial charge on any atom is -0.383 e. The van der Waals surface area contributed by atoms with Crippen LogP contribution >= 0.6 is 22.9 Å². The Morgan fingerprint density at radius 3 is 2.69 bits per heavy atom. The van der Waals surface area contributed by atoms with Gasteiger partial charge in [-0.05, 0) is 54.8 Å². The molecular formula is C24H28ClFN4OS. The van der Waals surface area contributed by atoms with Crippen molar-refractivity contribution >= 4 is 49.9 Å². The molecule has 1 fully saturated rings. The van der Waals surface area contributed by atoms with Crippen molar-refractivity contribution < 1.29 is 9.18 Å². The molecule has 0 radical (unpaired) electrons. The topological polar surface area (TPSA) is 66.1 Å². The molecule has 5 nitrogen and oxygen atoms in total. The third-order valence-corrected chi connectivity index (χ3v) is 7.04. The van der Waals surface area contributed by atoms with Crippen LogP contribution in [0.2, 0.25) is 5.02 Å². The van der Waals surface area contributed by atoms with Crippen molar-refractivity contribution in [3.8, 4) is 0 Å². The van der Waals surface area contributed by atoms with E-state index in [4.69, 9.17) is 11.6 Å². The largest absolute Gasteiger partial charge is 0.383 e. The SMILES string of the molecule is O=C(NCCNc1ccc(F)cc1)[C@H](CC1CCCCC1)Nc1nc2ccc(Cl)cc2s1. The molecule has 32 heavy (non-hydrogen) atoms. The molecule has 3 N–H and O–H groups in total. The zero-order valence-electron chi connectivity index (χ0n) is 17.9. The van der Waals surface area contributed by atoms with Crippen LogP contribution in [0.25, 0.3) is 10.2 Å². The van der Waals surface area contributed by atoms with Gasteiger partial charge in [0.2, 0.25) is 5.91 Å². The van der Waals surface area contributed by atoms with Gasteiger partial charge in [-0.1, -0.05) is 55.0 Å². The van der Waals surface area contributed by atoms with E-state index in [1.807, 2.05) is 18.2 Å². The standard InChI is InChI=1S/C24H28ClFN4OS/c25-17-6-11-20-22(15-17)32-24(29-20)30-21(14-16-4-2-1-3-5-16)23(31)28-13-12-27-19-9-7-18(26)8-10-19/h6-11,15-16,21,27H,1-5,12-14H2,(H,28,31)(H,29,30)/t21-/m0/s1. The van der Waals surface area contributed by atoms with Crippen molar-refractivity contribution in [2.24, 2.45) is 5.92 Å². The highest BCUT2D eigenvalue weighted by Gasteiger charge is 2.25. The molecule has 1 aliphatic rings. The summed E-state index contributed by atoms with van der Waals surface area (Å²) in [5.74, 6) is 0.263. The summed E-state index contributed by atoms with van der Waals surface area (Å²) in [5, 5.41) is 11.0. The van der Waals surface area contributed by atoms with Gasteiger partial charge in [-0.15, -0.1) is 0 Å². The number of amides is 1. The molecule has 0 spiro atoms. The Kier molecular flexibility index (Phi) is 7.81. The molecule has 3 aromatic rings. The molecule has 4 rings (SSSR count). The van der Waals surface area contributed by atoms with Crippen LogP contribution in [-0.2, 0) is 4.79 Å². The minimum atomic E-state index is -0.333. The van der Waals surface area contributed by atoms with Crippen LogP contribution in [0.1, 0.15) is 38.5 Å². The molecule has 1 aromatic heterocycles. The fourth-order valence-corrected chi connectivity index (χ4v) is 5.37. The lowest BCUT2D eigenvalue weighted by Crippen LogP contribution is -2.42. The van der Waals surface area contributed by atoms with Gasteiger partial charge < -0.3 is 16.0 Å². The first-order chi connectivity index (χ1) is 15.6. The number of halogens is 2. The molecule has 2 aromatic carbocycles. The third kappa shape index (κ3) is 6.33. The number of carbonyl (C=O) groups excluding carboxylic acids is 1. The van der Waals surface area contributed by atoms with E-state index in [9.17, 15) is 9.18 Å². The first kappa shape index (κ1) is 22.8. The molecular weight excluding hydrogens is 447 g/mol. The van der Waals surface area contributed by atoms with Crippen LogP contribution in [0.4, 0.5) is 15.2 Å². The van der Waals surface area contributed by atoms with Crippen LogP contribution in [-0.4, -0.2) is 30.0 Å². The van der Waals surface area contributed by atoms with Crippen molar-refractivity contribution in [2.75, 3.05) is 23.7 Å². The number of anilines is 2. The number of nitrogens with zero attached hydrogens (tertiary/aromatic N) is 1. The number of thiazole rings is 1. The minimum absolute atomic E-state index is 0.0197. The maximum Gasteiger partial charge on any atom is 0.242 e. The van der Waals surface area contributed by atoms with Crippen molar-refractivity contribution in [1.29, 1.82) is 0 Å². The lowest BCUT2D eigenvalue weighted by atomic mass is 9.84. The highest BCUT2D eigenvalue weighted by Crippen LogP contribution is 2.31. The van der Waals surface area contributed by atoms with E-state index in [0.717, 1.165) is 27.5 Å². The van der Waals surface area contributed by atoms with Gasteiger partial charge in [0.1, 0.15) is 11.9 Å². The molecule has 0 aliphatic heterocycles. The van der Waals surface area contributed by atoms with E-state index in [0.29, 0.717) is 24.0 Å². The molecule has 1 heterocycles. The number of nitrogens with one attached hydrogen (secondary N) is 3. The van der Waals surface area contributed by atoms with Gasteiger partial charge in [-0.25, -0.2) is 9.37 Å². The summed E-state index contributed by atoms with van der Waals surface area (Å²) in [5.41, 5.74) is 1.70. The van der Waals surface area contributed by atoms with Crippen molar-refractivity contribution in [1.82, 2.24) is 10.3 Å². The summed E-state index contributed by atoms with van der Waals surface area (Å²) >= 11 is 7.62. The molecule has 1 saturated carbocycles. The molecule has 0 saturated heterocycles. The van der Waals surface area contributed by atoms with Gasteiger partial charge in [-0.3, -0.25) is 4.79 Å². The fourth-order valence-electron chi connectivity index (χ4n) is 4.18. The molecule has 1 atom stereocenters. The quantitative estimate of drug-likeness (QED) is 0.329. The lowest BCUT2D eigenvalue weighted by molar-refractivity contribution is -0.122. The molecule has 0 bridgehead atoms. The predicted octanol–water partition coefficient (Wildman–Crippen LogP) is 6.07. The summed E-state index contributed by atoms with van der Waals surface area (Å²) in [4.78, 5) is 17.7. The van der Waals surface area contributed by atoms with Gasteiger partial charge in [0.15, 0.2) is 5.13 Å². The van der Waals surface area contributed by atoms with Gasteiger partial charge in [-0.2, -0.15) is 0 Å². The molecule has 0 unspecified atom stereocenters. The number of fused-ring (bicyclic) bond motifs is 1. The average molecular weight is 475 g/mol. The van der Waals surface area contributed by atoms with Crippen molar-refractivity contribution in [2.45, 2.75) is 44.6 Å². The Labute approximate surface area is 196 Å². The fraction of sp³-hybridized carbons (Fsp3) is 0.417. The summed E-state index contributed by atoms with van der Waals surface area (Å²) in [6.07, 6.45) is 6.91. The Morgan fingerprint density at radius 2 is 1.91 bits per heavy atom. The van der Waals surface area contributed by atoms with E-state index in [1.54, 1.807) is 12.1 Å². The Hall–Kier alpha value is -2.38. The van der Waals surface area contributed by atoms with E-state index in [1.165, 1.54) is 55.6 Å². The van der Waals surface area contributed by atoms with E-state index < -0.39 is 0 Å². The smallest absolute Gasteiger partial charge is 0.242 e. The zero-order chi connectivity index (χ0) is 22.3. The van der Waals surface area contributed by atoms with E-state index in [2.05, 4.69) is 20.9 Å². The Bertz CT molecular complexity index is 1040. The molecule has 170 valence electrons. The summed E-state index contributed by atoms with van der Waals surface area (Å²) in [6, 6.07) is 11.5. The van der Waals surface area contributed by atoms with Crippen molar-refractivity contribution in [3.05, 3.63) is 53.3 Å². The number of aromatic nitrogens is 1. The summed E-state index contributed by atoms with van der Waals surface area (Å²) in [6.45, 7) is 1.04.